The number of para-hydroxylation sites is 2. The molecule has 7 nitrogen and oxygen atoms in total. The summed E-state index contributed by atoms with van der Waals surface area (Å²) < 4.78 is 5.40. The molecular formula is C19H16N4O3S. The summed E-state index contributed by atoms with van der Waals surface area (Å²) >= 11 is 1.31. The average molecular weight is 380 g/mol. The van der Waals surface area contributed by atoms with Gasteiger partial charge in [0.2, 0.25) is 11.0 Å². The first-order chi connectivity index (χ1) is 13.2. The Bertz CT molecular complexity index is 974. The van der Waals surface area contributed by atoms with Gasteiger partial charge in [0.25, 0.3) is 5.91 Å². The normalized spacial score (nSPS) is 13.0. The fourth-order valence-electron chi connectivity index (χ4n) is 2.77. The molecule has 0 spiro atoms. The van der Waals surface area contributed by atoms with E-state index in [4.69, 9.17) is 4.74 Å². The number of rotatable bonds is 5. The van der Waals surface area contributed by atoms with Crippen molar-refractivity contribution in [2.75, 3.05) is 23.4 Å². The first-order valence-electron chi connectivity index (χ1n) is 8.42. The van der Waals surface area contributed by atoms with E-state index in [2.05, 4.69) is 15.5 Å². The highest BCUT2D eigenvalue weighted by atomic mass is 32.1. The van der Waals surface area contributed by atoms with E-state index in [-0.39, 0.29) is 31.4 Å². The van der Waals surface area contributed by atoms with Gasteiger partial charge in [0.15, 0.2) is 6.61 Å². The Balaban J connectivity index is 1.38. The van der Waals surface area contributed by atoms with Crippen molar-refractivity contribution in [3.05, 3.63) is 54.6 Å². The summed E-state index contributed by atoms with van der Waals surface area (Å²) in [5.41, 5.74) is 1.63. The first-order valence-corrected chi connectivity index (χ1v) is 9.23. The number of fused-ring (bicyclic) bond motifs is 1. The SMILES string of the molecule is O=C(CCN1C(=O)COc2ccccc21)Nc1nnc(-c2ccccc2)s1. The van der Waals surface area contributed by atoms with Crippen molar-refractivity contribution in [3.63, 3.8) is 0 Å². The fourth-order valence-corrected chi connectivity index (χ4v) is 3.53. The topological polar surface area (TPSA) is 84.4 Å². The highest BCUT2D eigenvalue weighted by molar-refractivity contribution is 7.18. The van der Waals surface area contributed by atoms with Crippen LogP contribution in [0.4, 0.5) is 10.8 Å². The van der Waals surface area contributed by atoms with Gasteiger partial charge < -0.3 is 15.0 Å². The van der Waals surface area contributed by atoms with Gasteiger partial charge in [-0.05, 0) is 12.1 Å². The highest BCUT2D eigenvalue weighted by Crippen LogP contribution is 2.31. The second-order valence-electron chi connectivity index (χ2n) is 5.88. The minimum Gasteiger partial charge on any atom is -0.482 e. The maximum absolute atomic E-state index is 12.3. The summed E-state index contributed by atoms with van der Waals surface area (Å²) in [7, 11) is 0. The molecule has 1 N–H and O–H groups in total. The van der Waals surface area contributed by atoms with E-state index in [1.54, 1.807) is 17.0 Å². The van der Waals surface area contributed by atoms with E-state index in [1.807, 2.05) is 42.5 Å². The molecule has 0 saturated carbocycles. The zero-order valence-electron chi connectivity index (χ0n) is 14.3. The number of hydrogen-bond acceptors (Lipinski definition) is 6. The summed E-state index contributed by atoms with van der Waals surface area (Å²) in [6.45, 7) is 0.255. The van der Waals surface area contributed by atoms with Crippen molar-refractivity contribution in [2.45, 2.75) is 6.42 Å². The van der Waals surface area contributed by atoms with Crippen molar-refractivity contribution in [1.29, 1.82) is 0 Å². The van der Waals surface area contributed by atoms with Crippen LogP contribution in [0.5, 0.6) is 5.75 Å². The van der Waals surface area contributed by atoms with Crippen molar-refractivity contribution in [2.24, 2.45) is 0 Å². The van der Waals surface area contributed by atoms with Gasteiger partial charge in [0, 0.05) is 18.5 Å². The fraction of sp³-hybridized carbons (Fsp3) is 0.158. The van der Waals surface area contributed by atoms with Crippen LogP contribution in [0, 0.1) is 0 Å². The van der Waals surface area contributed by atoms with E-state index in [0.717, 1.165) is 10.6 Å². The maximum Gasteiger partial charge on any atom is 0.265 e. The Hall–Kier alpha value is -3.26. The predicted octanol–water partition coefficient (Wildman–Crippen LogP) is 2.96. The second-order valence-corrected chi connectivity index (χ2v) is 6.86. The summed E-state index contributed by atoms with van der Waals surface area (Å²) in [5.74, 6) is 0.264. The van der Waals surface area contributed by atoms with Gasteiger partial charge in [0.05, 0.1) is 5.69 Å². The molecule has 8 heteroatoms. The van der Waals surface area contributed by atoms with Crippen molar-refractivity contribution in [1.82, 2.24) is 10.2 Å². The van der Waals surface area contributed by atoms with Gasteiger partial charge >= 0.3 is 0 Å². The van der Waals surface area contributed by atoms with Crippen LogP contribution < -0.4 is 15.0 Å². The molecular weight excluding hydrogens is 364 g/mol. The van der Waals surface area contributed by atoms with Crippen LogP contribution in [-0.4, -0.2) is 35.2 Å². The summed E-state index contributed by atoms with van der Waals surface area (Å²) in [6.07, 6.45) is 0.153. The number of nitrogens with zero attached hydrogens (tertiary/aromatic N) is 3. The van der Waals surface area contributed by atoms with Crippen LogP contribution in [0.3, 0.4) is 0 Å². The third-order valence-corrected chi connectivity index (χ3v) is 4.95. The lowest BCUT2D eigenvalue weighted by atomic mass is 10.2. The van der Waals surface area contributed by atoms with Crippen LogP contribution in [0.15, 0.2) is 54.6 Å². The number of carbonyl (C=O) groups excluding carboxylic acids is 2. The molecule has 0 saturated heterocycles. The quantitative estimate of drug-likeness (QED) is 0.736. The lowest BCUT2D eigenvalue weighted by Crippen LogP contribution is -2.40. The average Bonchev–Trinajstić information content (AvgIpc) is 3.16. The molecule has 2 heterocycles. The number of aromatic nitrogens is 2. The summed E-state index contributed by atoms with van der Waals surface area (Å²) in [6, 6.07) is 16.9. The third kappa shape index (κ3) is 3.80. The molecule has 1 aromatic heterocycles. The molecule has 27 heavy (non-hydrogen) atoms. The number of anilines is 2. The smallest absolute Gasteiger partial charge is 0.265 e. The Morgan fingerprint density at radius 1 is 1.11 bits per heavy atom. The van der Waals surface area contributed by atoms with Crippen molar-refractivity contribution < 1.29 is 14.3 Å². The molecule has 0 fully saturated rings. The van der Waals surface area contributed by atoms with Gasteiger partial charge in [-0.2, -0.15) is 0 Å². The number of hydrogen-bond donors (Lipinski definition) is 1. The van der Waals surface area contributed by atoms with Crippen LogP contribution in [0.1, 0.15) is 6.42 Å². The summed E-state index contributed by atoms with van der Waals surface area (Å²) in [5, 5.41) is 12.0. The van der Waals surface area contributed by atoms with Gasteiger partial charge in [-0.25, -0.2) is 0 Å². The first kappa shape index (κ1) is 17.2. The second kappa shape index (κ2) is 7.55. The Morgan fingerprint density at radius 3 is 2.74 bits per heavy atom. The van der Waals surface area contributed by atoms with Crippen LogP contribution in [0.25, 0.3) is 10.6 Å². The number of carbonyl (C=O) groups is 2. The molecule has 0 bridgehead atoms. The molecule has 2 amide bonds. The van der Waals surface area contributed by atoms with Gasteiger partial charge in [0.1, 0.15) is 10.8 Å². The molecule has 0 radical (unpaired) electrons. The molecule has 2 aromatic carbocycles. The van der Waals surface area contributed by atoms with Crippen LogP contribution >= 0.6 is 11.3 Å². The largest absolute Gasteiger partial charge is 0.482 e. The van der Waals surface area contributed by atoms with E-state index in [9.17, 15) is 9.59 Å². The maximum atomic E-state index is 12.3. The van der Waals surface area contributed by atoms with E-state index < -0.39 is 0 Å². The highest BCUT2D eigenvalue weighted by Gasteiger charge is 2.25. The van der Waals surface area contributed by atoms with Crippen molar-refractivity contribution >= 4 is 34.0 Å². The number of ether oxygens (including phenoxy) is 1. The Kier molecular flexibility index (Phi) is 4.80. The minimum absolute atomic E-state index is 0.0184. The Labute approximate surface area is 159 Å². The number of benzene rings is 2. The molecule has 3 aromatic rings. The zero-order valence-corrected chi connectivity index (χ0v) is 15.1. The van der Waals surface area contributed by atoms with Crippen molar-refractivity contribution in [3.8, 4) is 16.3 Å². The molecule has 0 aliphatic carbocycles. The number of nitrogens with one attached hydrogen (secondary N) is 1. The standard InChI is InChI=1S/C19H16N4O3S/c24-16(20-19-22-21-18(27-19)13-6-2-1-3-7-13)10-11-23-14-8-4-5-9-15(14)26-12-17(23)25/h1-9H,10-12H2,(H,20,22,24). The van der Waals surface area contributed by atoms with Gasteiger partial charge in [-0.15, -0.1) is 10.2 Å². The molecule has 1 aliphatic heterocycles. The zero-order chi connectivity index (χ0) is 18.6. The lowest BCUT2D eigenvalue weighted by Gasteiger charge is -2.29. The van der Waals surface area contributed by atoms with E-state index >= 15 is 0 Å². The van der Waals surface area contributed by atoms with Gasteiger partial charge in [-0.3, -0.25) is 9.59 Å². The third-order valence-electron chi connectivity index (χ3n) is 4.06. The molecule has 1 aliphatic rings. The summed E-state index contributed by atoms with van der Waals surface area (Å²) in [4.78, 5) is 26.0. The molecule has 4 rings (SSSR count). The minimum atomic E-state index is -0.220. The monoisotopic (exact) mass is 380 g/mol. The van der Waals surface area contributed by atoms with E-state index in [1.165, 1.54) is 11.3 Å². The lowest BCUT2D eigenvalue weighted by molar-refractivity contribution is -0.121. The van der Waals surface area contributed by atoms with Gasteiger partial charge in [-0.1, -0.05) is 53.8 Å². The van der Waals surface area contributed by atoms with Crippen LogP contribution in [0.2, 0.25) is 0 Å². The van der Waals surface area contributed by atoms with E-state index in [0.29, 0.717) is 16.6 Å². The Morgan fingerprint density at radius 2 is 1.89 bits per heavy atom. The molecule has 0 atom stereocenters. The number of amides is 2. The van der Waals surface area contributed by atoms with Crippen LogP contribution in [-0.2, 0) is 9.59 Å². The molecule has 0 unspecified atom stereocenters. The predicted molar refractivity (Wildman–Crippen MR) is 103 cm³/mol. The molecule has 136 valence electrons.